The van der Waals surface area contributed by atoms with Crippen molar-refractivity contribution in [2.24, 2.45) is 5.92 Å². The van der Waals surface area contributed by atoms with Gasteiger partial charge in [-0.25, -0.2) is 9.18 Å². The first-order valence-corrected chi connectivity index (χ1v) is 11.8. The highest BCUT2D eigenvalue weighted by Gasteiger charge is 2.39. The van der Waals surface area contributed by atoms with Gasteiger partial charge in [0, 0.05) is 44.6 Å². The van der Waals surface area contributed by atoms with Gasteiger partial charge in [-0.05, 0) is 55.6 Å². The summed E-state index contributed by atoms with van der Waals surface area (Å²) in [4.78, 5) is 34.2. The number of para-hydroxylation sites is 1. The van der Waals surface area contributed by atoms with Crippen molar-refractivity contribution in [1.82, 2.24) is 20.1 Å². The number of piperidine rings is 1. The van der Waals surface area contributed by atoms with E-state index in [1.165, 1.54) is 6.07 Å². The van der Waals surface area contributed by atoms with E-state index in [0.717, 1.165) is 37.8 Å². The van der Waals surface area contributed by atoms with Crippen LogP contribution in [0.2, 0.25) is 0 Å². The molecule has 2 aliphatic heterocycles. The highest BCUT2D eigenvalue weighted by Crippen LogP contribution is 2.26. The lowest BCUT2D eigenvalue weighted by Gasteiger charge is -2.43. The Bertz CT molecular complexity index is 941. The molecule has 0 unspecified atom stereocenters. The van der Waals surface area contributed by atoms with Gasteiger partial charge in [-0.3, -0.25) is 14.7 Å². The molecule has 3 heterocycles. The van der Waals surface area contributed by atoms with E-state index in [2.05, 4.69) is 20.5 Å². The Morgan fingerprint density at radius 3 is 2.70 bits per heavy atom. The van der Waals surface area contributed by atoms with Crippen molar-refractivity contribution in [2.45, 2.75) is 44.7 Å². The maximum atomic E-state index is 14.1. The lowest BCUT2D eigenvalue weighted by molar-refractivity contribution is -0.129. The van der Waals surface area contributed by atoms with E-state index in [1.807, 2.05) is 12.1 Å². The number of nitrogens with one attached hydrogen (secondary N) is 2. The second-order valence-corrected chi connectivity index (χ2v) is 8.85. The van der Waals surface area contributed by atoms with Crippen LogP contribution in [-0.2, 0) is 11.3 Å². The van der Waals surface area contributed by atoms with E-state index in [0.29, 0.717) is 32.6 Å². The standard InChI is InChI=1S/C25H32FN5O2/c26-21-7-3-4-8-22(21)29-25(33)31-16-11-20-23(18-31)30(17-19-9-13-27-14-10-19)15-6-2-1-5-12-28-24(20)32/h3-4,7-10,13-14,20,23H,1-2,5-6,11-12,15-18H2,(H,28,32)(H,29,33)/t20-,23+/m0/s1. The first-order valence-electron chi connectivity index (χ1n) is 11.8. The number of aromatic nitrogens is 1. The van der Waals surface area contributed by atoms with Gasteiger partial charge in [0.25, 0.3) is 0 Å². The molecular weight excluding hydrogens is 421 g/mol. The third kappa shape index (κ3) is 6.07. The van der Waals surface area contributed by atoms with E-state index in [4.69, 9.17) is 0 Å². The third-order valence-electron chi connectivity index (χ3n) is 6.60. The molecule has 0 radical (unpaired) electrons. The van der Waals surface area contributed by atoms with E-state index < -0.39 is 5.82 Å². The maximum Gasteiger partial charge on any atom is 0.321 e. The number of anilines is 1. The normalized spacial score (nSPS) is 22.6. The Kier molecular flexibility index (Phi) is 7.88. The smallest absolute Gasteiger partial charge is 0.321 e. The molecular formula is C25H32FN5O2. The van der Waals surface area contributed by atoms with Crippen LogP contribution in [0.1, 0.15) is 37.7 Å². The van der Waals surface area contributed by atoms with Gasteiger partial charge >= 0.3 is 6.03 Å². The van der Waals surface area contributed by atoms with Crippen molar-refractivity contribution in [2.75, 3.05) is 31.5 Å². The van der Waals surface area contributed by atoms with E-state index in [1.54, 1.807) is 35.5 Å². The Morgan fingerprint density at radius 2 is 1.88 bits per heavy atom. The fourth-order valence-electron chi connectivity index (χ4n) is 4.77. The molecule has 0 spiro atoms. The second-order valence-electron chi connectivity index (χ2n) is 8.85. The fourth-order valence-corrected chi connectivity index (χ4v) is 4.77. The van der Waals surface area contributed by atoms with Crippen LogP contribution in [0.4, 0.5) is 14.9 Å². The largest absolute Gasteiger partial charge is 0.356 e. The molecule has 3 amide bonds. The van der Waals surface area contributed by atoms with E-state index in [9.17, 15) is 14.0 Å². The lowest BCUT2D eigenvalue weighted by atomic mass is 9.89. The fraction of sp³-hybridized carbons (Fsp3) is 0.480. The van der Waals surface area contributed by atoms with Gasteiger partial charge in [-0.2, -0.15) is 0 Å². The minimum absolute atomic E-state index is 0.0655. The number of rotatable bonds is 3. The summed E-state index contributed by atoms with van der Waals surface area (Å²) < 4.78 is 14.1. The molecule has 33 heavy (non-hydrogen) atoms. The summed E-state index contributed by atoms with van der Waals surface area (Å²) in [6.45, 7) is 3.13. The molecule has 2 aromatic rings. The lowest BCUT2D eigenvalue weighted by Crippen LogP contribution is -2.58. The molecule has 2 atom stereocenters. The van der Waals surface area contributed by atoms with Crippen molar-refractivity contribution >= 4 is 17.6 Å². The molecule has 2 fully saturated rings. The van der Waals surface area contributed by atoms with E-state index >= 15 is 0 Å². The average molecular weight is 454 g/mol. The van der Waals surface area contributed by atoms with Crippen LogP contribution < -0.4 is 10.6 Å². The van der Waals surface area contributed by atoms with Crippen LogP contribution >= 0.6 is 0 Å². The molecule has 176 valence electrons. The minimum atomic E-state index is -0.464. The summed E-state index contributed by atoms with van der Waals surface area (Å²) >= 11 is 0. The van der Waals surface area contributed by atoms with Gasteiger partial charge in [0.1, 0.15) is 5.82 Å². The summed E-state index contributed by atoms with van der Waals surface area (Å²) in [5.74, 6) is -0.590. The van der Waals surface area contributed by atoms with Gasteiger partial charge < -0.3 is 15.5 Å². The number of carbonyl (C=O) groups is 2. The van der Waals surface area contributed by atoms with Gasteiger partial charge in [0.2, 0.25) is 5.91 Å². The predicted molar refractivity (Wildman–Crippen MR) is 125 cm³/mol. The Labute approximate surface area is 194 Å². The number of hydrogen-bond donors (Lipinski definition) is 2. The first kappa shape index (κ1) is 23.2. The van der Waals surface area contributed by atoms with Crippen molar-refractivity contribution in [3.63, 3.8) is 0 Å². The Balaban J connectivity index is 1.55. The number of urea groups is 1. The summed E-state index contributed by atoms with van der Waals surface area (Å²) in [7, 11) is 0. The molecule has 8 heteroatoms. The number of halogens is 1. The quantitative estimate of drug-likeness (QED) is 0.744. The summed E-state index contributed by atoms with van der Waals surface area (Å²) in [5.41, 5.74) is 1.30. The average Bonchev–Trinajstić information content (AvgIpc) is 2.87. The van der Waals surface area contributed by atoms with Gasteiger partial charge in [-0.15, -0.1) is 0 Å². The number of likely N-dealkylation sites (tertiary alicyclic amines) is 1. The first-order chi connectivity index (χ1) is 16.1. The SMILES string of the molecule is O=C1NCCCCCCN(Cc2ccncc2)[C@@H]2CN(C(=O)Nc3ccccc3F)CC[C@H]12. The van der Waals surface area contributed by atoms with Crippen molar-refractivity contribution < 1.29 is 14.0 Å². The molecule has 1 aromatic heterocycles. The number of pyridine rings is 1. The molecule has 2 N–H and O–H groups in total. The topological polar surface area (TPSA) is 77.6 Å². The zero-order valence-electron chi connectivity index (χ0n) is 18.9. The molecule has 0 bridgehead atoms. The monoisotopic (exact) mass is 453 g/mol. The zero-order chi connectivity index (χ0) is 23.0. The summed E-state index contributed by atoms with van der Waals surface area (Å²) in [5, 5.41) is 5.81. The van der Waals surface area contributed by atoms with Crippen molar-refractivity contribution in [3.05, 3.63) is 60.2 Å². The molecule has 0 aliphatic carbocycles. The summed E-state index contributed by atoms with van der Waals surface area (Å²) in [6, 6.07) is 9.69. The number of hydrogen-bond acceptors (Lipinski definition) is 4. The predicted octanol–water partition coefficient (Wildman–Crippen LogP) is 3.64. The third-order valence-corrected chi connectivity index (χ3v) is 6.60. The summed E-state index contributed by atoms with van der Waals surface area (Å²) in [6.07, 6.45) is 8.37. The minimum Gasteiger partial charge on any atom is -0.356 e. The van der Waals surface area contributed by atoms with E-state index in [-0.39, 0.29) is 29.6 Å². The highest BCUT2D eigenvalue weighted by molar-refractivity contribution is 5.90. The number of carbonyl (C=O) groups excluding carboxylic acids is 2. The van der Waals surface area contributed by atoms with Crippen LogP contribution in [0.5, 0.6) is 0 Å². The number of nitrogens with zero attached hydrogens (tertiary/aromatic N) is 3. The zero-order valence-corrected chi connectivity index (χ0v) is 18.9. The molecule has 7 nitrogen and oxygen atoms in total. The molecule has 1 aromatic carbocycles. The van der Waals surface area contributed by atoms with Gasteiger partial charge in [0.05, 0.1) is 11.6 Å². The van der Waals surface area contributed by atoms with Gasteiger partial charge in [-0.1, -0.05) is 25.0 Å². The van der Waals surface area contributed by atoms with Crippen LogP contribution in [0.3, 0.4) is 0 Å². The maximum absolute atomic E-state index is 14.1. The van der Waals surface area contributed by atoms with Crippen LogP contribution in [-0.4, -0.2) is 58.9 Å². The van der Waals surface area contributed by atoms with Crippen molar-refractivity contribution in [3.8, 4) is 0 Å². The van der Waals surface area contributed by atoms with Crippen LogP contribution in [0.25, 0.3) is 0 Å². The number of fused-ring (bicyclic) bond motifs is 1. The van der Waals surface area contributed by atoms with Gasteiger partial charge in [0.15, 0.2) is 0 Å². The highest BCUT2D eigenvalue weighted by atomic mass is 19.1. The Hall–Kier alpha value is -3.00. The molecule has 2 aliphatic rings. The van der Waals surface area contributed by atoms with Crippen LogP contribution in [0, 0.1) is 11.7 Å². The van der Waals surface area contributed by atoms with Crippen LogP contribution in [0.15, 0.2) is 48.8 Å². The number of benzene rings is 1. The Morgan fingerprint density at radius 1 is 1.09 bits per heavy atom. The molecule has 0 saturated carbocycles. The number of amides is 3. The molecule has 2 saturated heterocycles. The second kappa shape index (κ2) is 11.2. The molecule has 4 rings (SSSR count). The van der Waals surface area contributed by atoms with Crippen molar-refractivity contribution in [1.29, 1.82) is 0 Å².